The van der Waals surface area contributed by atoms with Gasteiger partial charge in [0.1, 0.15) is 0 Å². The number of hydrogen-bond donors (Lipinski definition) is 1. The van der Waals surface area contributed by atoms with E-state index in [4.69, 9.17) is 0 Å². The summed E-state index contributed by atoms with van der Waals surface area (Å²) in [5.41, 5.74) is 0.537. The Morgan fingerprint density at radius 3 is 2.64 bits per heavy atom. The fraction of sp³-hybridized carbons (Fsp3) is 0.846. The van der Waals surface area contributed by atoms with Crippen LogP contribution < -0.4 is 0 Å². The molecule has 0 bridgehead atoms. The van der Waals surface area contributed by atoms with Crippen LogP contribution in [0.2, 0.25) is 0 Å². The predicted octanol–water partition coefficient (Wildman–Crippen LogP) is 3.14. The molecule has 0 radical (unpaired) electrons. The van der Waals surface area contributed by atoms with Crippen molar-refractivity contribution < 1.29 is 5.11 Å². The normalized spacial score (nSPS) is 46.0. The van der Waals surface area contributed by atoms with Crippen molar-refractivity contribution in [2.75, 3.05) is 0 Å². The second-order valence-corrected chi connectivity index (χ2v) is 5.99. The molecule has 1 saturated carbocycles. The Bertz CT molecular complexity index is 254. The topological polar surface area (TPSA) is 20.2 Å². The monoisotopic (exact) mass is 194 g/mol. The Hall–Kier alpha value is -0.300. The number of allylic oxidation sites excluding steroid dienone is 2. The molecule has 1 N–H and O–H groups in total. The van der Waals surface area contributed by atoms with E-state index in [0.29, 0.717) is 11.3 Å². The average molecular weight is 194 g/mol. The average Bonchev–Trinajstić information content (AvgIpc) is 2.13. The summed E-state index contributed by atoms with van der Waals surface area (Å²) >= 11 is 0. The van der Waals surface area contributed by atoms with Gasteiger partial charge in [-0.25, -0.2) is 0 Å². The first-order valence-corrected chi connectivity index (χ1v) is 5.80. The fourth-order valence-electron chi connectivity index (χ4n) is 3.56. The number of fused-ring (bicyclic) bond motifs is 1. The molecule has 0 aliphatic heterocycles. The maximum absolute atomic E-state index is 10.1. The van der Waals surface area contributed by atoms with Crippen LogP contribution in [0.15, 0.2) is 12.2 Å². The lowest BCUT2D eigenvalue weighted by Gasteiger charge is -2.54. The van der Waals surface area contributed by atoms with E-state index >= 15 is 0 Å². The zero-order valence-electron chi connectivity index (χ0n) is 9.59. The van der Waals surface area contributed by atoms with Crippen LogP contribution in [0.5, 0.6) is 0 Å². The van der Waals surface area contributed by atoms with Gasteiger partial charge in [-0.1, -0.05) is 32.9 Å². The molecular weight excluding hydrogens is 172 g/mol. The van der Waals surface area contributed by atoms with Gasteiger partial charge >= 0.3 is 0 Å². The highest BCUT2D eigenvalue weighted by molar-refractivity contribution is 5.08. The molecule has 0 aromatic rings. The lowest BCUT2D eigenvalue weighted by Crippen LogP contribution is -2.50. The van der Waals surface area contributed by atoms with Crippen molar-refractivity contribution in [1.29, 1.82) is 0 Å². The first kappa shape index (κ1) is 10.2. The third-order valence-corrected chi connectivity index (χ3v) is 4.71. The molecule has 1 fully saturated rings. The number of rotatable bonds is 0. The largest absolute Gasteiger partial charge is 0.393 e. The predicted molar refractivity (Wildman–Crippen MR) is 59.0 cm³/mol. The van der Waals surface area contributed by atoms with Crippen molar-refractivity contribution in [3.05, 3.63) is 12.2 Å². The van der Waals surface area contributed by atoms with E-state index in [1.807, 2.05) is 0 Å². The van der Waals surface area contributed by atoms with Crippen molar-refractivity contribution in [3.8, 4) is 0 Å². The molecule has 0 saturated heterocycles. The Morgan fingerprint density at radius 2 is 1.93 bits per heavy atom. The third kappa shape index (κ3) is 1.33. The molecule has 2 aliphatic rings. The van der Waals surface area contributed by atoms with Gasteiger partial charge in [0, 0.05) is 0 Å². The van der Waals surface area contributed by atoms with Gasteiger partial charge in [-0.3, -0.25) is 0 Å². The molecule has 80 valence electrons. The van der Waals surface area contributed by atoms with Gasteiger partial charge in [-0.05, 0) is 42.4 Å². The van der Waals surface area contributed by atoms with E-state index in [0.717, 1.165) is 12.8 Å². The molecular formula is C13H22O. The minimum atomic E-state index is -0.105. The summed E-state index contributed by atoms with van der Waals surface area (Å²) in [5, 5.41) is 10.1. The van der Waals surface area contributed by atoms with Crippen LogP contribution in [-0.2, 0) is 0 Å². The number of hydrogen-bond acceptors (Lipinski definition) is 1. The van der Waals surface area contributed by atoms with Crippen LogP contribution >= 0.6 is 0 Å². The van der Waals surface area contributed by atoms with E-state index in [1.165, 1.54) is 12.8 Å². The molecule has 0 unspecified atom stereocenters. The smallest absolute Gasteiger partial charge is 0.0594 e. The van der Waals surface area contributed by atoms with Crippen LogP contribution in [0.1, 0.15) is 46.5 Å². The Morgan fingerprint density at radius 1 is 1.21 bits per heavy atom. The van der Waals surface area contributed by atoms with Crippen LogP contribution in [0.4, 0.5) is 0 Å². The first-order chi connectivity index (χ1) is 6.47. The summed E-state index contributed by atoms with van der Waals surface area (Å²) in [4.78, 5) is 0. The molecule has 1 nitrogen and oxygen atoms in total. The van der Waals surface area contributed by atoms with Crippen molar-refractivity contribution in [1.82, 2.24) is 0 Å². The molecule has 14 heavy (non-hydrogen) atoms. The van der Waals surface area contributed by atoms with Gasteiger partial charge in [-0.15, -0.1) is 0 Å². The Kier molecular flexibility index (Phi) is 2.26. The molecule has 0 spiro atoms. The minimum Gasteiger partial charge on any atom is -0.393 e. The van der Waals surface area contributed by atoms with Crippen LogP contribution in [0, 0.1) is 16.7 Å². The maximum Gasteiger partial charge on any atom is 0.0594 e. The van der Waals surface area contributed by atoms with Crippen LogP contribution in [0.3, 0.4) is 0 Å². The summed E-state index contributed by atoms with van der Waals surface area (Å²) in [5.74, 6) is 0.656. The fourth-order valence-corrected chi connectivity index (χ4v) is 3.56. The van der Waals surface area contributed by atoms with E-state index in [1.54, 1.807) is 0 Å². The standard InChI is InChI=1S/C13H22O/c1-12(2)10-6-4-5-8-13(10,3)9-7-11(12)14/h4-5,10-11,14H,6-9H2,1-3H3/t10-,11+,13+/m1/s1. The van der Waals surface area contributed by atoms with E-state index in [2.05, 4.69) is 32.9 Å². The van der Waals surface area contributed by atoms with Crippen LogP contribution in [-0.4, -0.2) is 11.2 Å². The lowest BCUT2D eigenvalue weighted by molar-refractivity contribution is -0.0951. The zero-order valence-corrected chi connectivity index (χ0v) is 9.59. The summed E-state index contributed by atoms with van der Waals surface area (Å²) < 4.78 is 0. The van der Waals surface area contributed by atoms with E-state index < -0.39 is 0 Å². The third-order valence-electron chi connectivity index (χ3n) is 4.71. The van der Waals surface area contributed by atoms with E-state index in [9.17, 15) is 5.11 Å². The first-order valence-electron chi connectivity index (χ1n) is 5.80. The lowest BCUT2D eigenvalue weighted by atomic mass is 9.52. The van der Waals surface area contributed by atoms with Crippen molar-refractivity contribution in [2.45, 2.75) is 52.6 Å². The second-order valence-electron chi connectivity index (χ2n) is 5.99. The Balaban J connectivity index is 2.31. The highest BCUT2D eigenvalue weighted by Gasteiger charge is 2.50. The van der Waals surface area contributed by atoms with Crippen molar-refractivity contribution >= 4 is 0 Å². The van der Waals surface area contributed by atoms with Gasteiger partial charge in [-0.2, -0.15) is 0 Å². The highest BCUT2D eigenvalue weighted by Crippen LogP contribution is 2.55. The van der Waals surface area contributed by atoms with Crippen molar-refractivity contribution in [2.24, 2.45) is 16.7 Å². The zero-order chi connectivity index (χ0) is 10.4. The number of aliphatic hydroxyl groups excluding tert-OH is 1. The molecule has 2 aliphatic carbocycles. The SMILES string of the molecule is CC1(C)[C@H]2CC=CC[C@@]2(C)CC[C@@H]1O. The molecule has 0 amide bonds. The van der Waals surface area contributed by atoms with Crippen molar-refractivity contribution in [3.63, 3.8) is 0 Å². The molecule has 0 aromatic carbocycles. The van der Waals surface area contributed by atoms with E-state index in [-0.39, 0.29) is 11.5 Å². The summed E-state index contributed by atoms with van der Waals surface area (Å²) in [6, 6.07) is 0. The molecule has 3 atom stereocenters. The molecule has 0 heterocycles. The minimum absolute atomic E-state index is 0.0950. The molecule has 1 heteroatoms. The molecule has 0 aromatic heterocycles. The quantitative estimate of drug-likeness (QED) is 0.587. The molecule has 2 rings (SSSR count). The summed E-state index contributed by atoms with van der Waals surface area (Å²) in [6.45, 7) is 6.87. The van der Waals surface area contributed by atoms with Gasteiger partial charge in [0.25, 0.3) is 0 Å². The highest BCUT2D eigenvalue weighted by atomic mass is 16.3. The maximum atomic E-state index is 10.1. The van der Waals surface area contributed by atoms with Crippen LogP contribution in [0.25, 0.3) is 0 Å². The second kappa shape index (κ2) is 3.10. The van der Waals surface area contributed by atoms with Gasteiger partial charge in [0.15, 0.2) is 0 Å². The van der Waals surface area contributed by atoms with Gasteiger partial charge in [0.05, 0.1) is 6.10 Å². The van der Waals surface area contributed by atoms with Gasteiger partial charge in [0.2, 0.25) is 0 Å². The number of aliphatic hydroxyl groups is 1. The van der Waals surface area contributed by atoms with Gasteiger partial charge < -0.3 is 5.11 Å². The summed E-state index contributed by atoms with van der Waals surface area (Å²) in [6.07, 6.45) is 9.04. The summed E-state index contributed by atoms with van der Waals surface area (Å²) in [7, 11) is 0. The Labute approximate surface area is 87.2 Å².